The molecule has 0 atom stereocenters. The van der Waals surface area contributed by atoms with Gasteiger partial charge in [-0.3, -0.25) is 4.99 Å². The summed E-state index contributed by atoms with van der Waals surface area (Å²) in [5.74, 6) is 1.000. The van der Waals surface area contributed by atoms with E-state index in [1.54, 1.807) is 14.2 Å². The molecule has 1 saturated carbocycles. The van der Waals surface area contributed by atoms with E-state index < -0.39 is 9.84 Å². The summed E-state index contributed by atoms with van der Waals surface area (Å²) in [5.41, 5.74) is 0.227. The van der Waals surface area contributed by atoms with Gasteiger partial charge in [-0.05, 0) is 36.5 Å². The minimum Gasteiger partial charge on any atom is -0.385 e. The van der Waals surface area contributed by atoms with Gasteiger partial charge in [0.2, 0.25) is 0 Å². The molecule has 0 bridgehead atoms. The van der Waals surface area contributed by atoms with Crippen LogP contribution in [-0.2, 0) is 14.6 Å². The second kappa shape index (κ2) is 10.9. The van der Waals surface area contributed by atoms with Crippen molar-refractivity contribution in [2.24, 2.45) is 15.8 Å². The van der Waals surface area contributed by atoms with Crippen LogP contribution in [-0.4, -0.2) is 60.2 Å². The Hall–Kier alpha value is -0.0900. The molecule has 0 aliphatic heterocycles. The zero-order valence-electron chi connectivity index (χ0n) is 16.4. The van der Waals surface area contributed by atoms with Crippen molar-refractivity contribution in [2.45, 2.75) is 46.0 Å². The number of halogens is 1. The highest BCUT2D eigenvalue weighted by molar-refractivity contribution is 14.0. The van der Waals surface area contributed by atoms with Gasteiger partial charge in [-0.1, -0.05) is 20.3 Å². The number of aliphatic imine (C=N–C) groups is 1. The van der Waals surface area contributed by atoms with Gasteiger partial charge >= 0.3 is 0 Å². The third-order valence-corrected chi connectivity index (χ3v) is 5.93. The lowest BCUT2D eigenvalue weighted by Crippen LogP contribution is -2.48. The Morgan fingerprint density at radius 2 is 1.92 bits per heavy atom. The van der Waals surface area contributed by atoms with Gasteiger partial charge in [0.1, 0.15) is 9.84 Å². The van der Waals surface area contributed by atoms with Gasteiger partial charge in [0, 0.05) is 40.1 Å². The van der Waals surface area contributed by atoms with Crippen molar-refractivity contribution < 1.29 is 13.2 Å². The number of methoxy groups -OCH3 is 1. The number of hydrogen-bond acceptors (Lipinski definition) is 4. The Morgan fingerprint density at radius 3 is 2.36 bits per heavy atom. The van der Waals surface area contributed by atoms with Crippen molar-refractivity contribution in [3.05, 3.63) is 0 Å². The number of hydrogen-bond donors (Lipinski definition) is 2. The zero-order valence-corrected chi connectivity index (χ0v) is 19.5. The van der Waals surface area contributed by atoms with E-state index in [0.717, 1.165) is 25.5 Å². The van der Waals surface area contributed by atoms with E-state index in [2.05, 4.69) is 29.5 Å². The van der Waals surface area contributed by atoms with Crippen molar-refractivity contribution >= 4 is 39.8 Å². The molecule has 6 nitrogen and oxygen atoms in total. The largest absolute Gasteiger partial charge is 0.385 e. The number of nitrogens with zero attached hydrogens (tertiary/aromatic N) is 1. The van der Waals surface area contributed by atoms with E-state index in [4.69, 9.17) is 4.74 Å². The Morgan fingerprint density at radius 1 is 1.28 bits per heavy atom. The van der Waals surface area contributed by atoms with E-state index in [9.17, 15) is 8.42 Å². The third kappa shape index (κ3) is 9.98. The summed E-state index contributed by atoms with van der Waals surface area (Å²) >= 11 is 0. The number of nitrogens with one attached hydrogen (secondary N) is 2. The van der Waals surface area contributed by atoms with Crippen LogP contribution in [0.15, 0.2) is 4.99 Å². The van der Waals surface area contributed by atoms with Gasteiger partial charge in [-0.25, -0.2) is 8.42 Å². The minimum atomic E-state index is -2.92. The molecule has 0 saturated heterocycles. The molecule has 0 spiro atoms. The van der Waals surface area contributed by atoms with Crippen LogP contribution in [0.2, 0.25) is 0 Å². The predicted molar refractivity (Wildman–Crippen MR) is 116 cm³/mol. The molecule has 1 fully saturated rings. The monoisotopic (exact) mass is 489 g/mol. The van der Waals surface area contributed by atoms with Gasteiger partial charge < -0.3 is 15.4 Å². The van der Waals surface area contributed by atoms with Crippen LogP contribution in [0.4, 0.5) is 0 Å². The van der Waals surface area contributed by atoms with Gasteiger partial charge in [0.05, 0.1) is 5.75 Å². The summed E-state index contributed by atoms with van der Waals surface area (Å²) in [7, 11) is 0.593. The van der Waals surface area contributed by atoms with Crippen molar-refractivity contribution in [2.75, 3.05) is 45.9 Å². The Bertz CT molecular complexity index is 517. The molecule has 2 N–H and O–H groups in total. The summed E-state index contributed by atoms with van der Waals surface area (Å²) in [4.78, 5) is 4.29. The average Bonchev–Trinajstić information content (AvgIpc) is 2.46. The van der Waals surface area contributed by atoms with E-state index in [-0.39, 0.29) is 35.1 Å². The van der Waals surface area contributed by atoms with Crippen LogP contribution in [0.3, 0.4) is 0 Å². The highest BCUT2D eigenvalue weighted by Crippen LogP contribution is 2.43. The summed E-state index contributed by atoms with van der Waals surface area (Å²) in [6, 6.07) is 0. The van der Waals surface area contributed by atoms with Crippen molar-refractivity contribution in [1.29, 1.82) is 0 Å². The maximum absolute atomic E-state index is 11.3. The van der Waals surface area contributed by atoms with Crippen LogP contribution < -0.4 is 10.6 Å². The smallest absolute Gasteiger partial charge is 0.191 e. The predicted octanol–water partition coefficient (Wildman–Crippen LogP) is 2.44. The lowest BCUT2D eigenvalue weighted by molar-refractivity contribution is 0.0732. The lowest BCUT2D eigenvalue weighted by Gasteiger charge is -2.42. The van der Waals surface area contributed by atoms with Crippen LogP contribution in [0.1, 0.15) is 46.0 Å². The molecule has 0 aromatic carbocycles. The van der Waals surface area contributed by atoms with Crippen molar-refractivity contribution in [1.82, 2.24) is 10.6 Å². The molecule has 0 aromatic rings. The molecule has 0 aromatic heterocycles. The van der Waals surface area contributed by atoms with E-state index in [1.807, 2.05) is 0 Å². The first-order valence-electron chi connectivity index (χ1n) is 8.73. The summed E-state index contributed by atoms with van der Waals surface area (Å²) < 4.78 is 27.9. The second-order valence-electron chi connectivity index (χ2n) is 7.92. The van der Waals surface area contributed by atoms with E-state index >= 15 is 0 Å². The molecule has 0 heterocycles. The molecular formula is C17H36IN3O3S. The molecule has 1 aliphatic rings. The Labute approximate surface area is 170 Å². The molecule has 8 heteroatoms. The van der Waals surface area contributed by atoms with Crippen LogP contribution in [0, 0.1) is 10.8 Å². The summed E-state index contributed by atoms with van der Waals surface area (Å²) in [6.45, 7) is 6.54. The number of guanidine groups is 1. The molecule has 0 unspecified atom stereocenters. The average molecular weight is 489 g/mol. The van der Waals surface area contributed by atoms with Gasteiger partial charge in [-0.2, -0.15) is 0 Å². The number of sulfone groups is 1. The maximum atomic E-state index is 11.3. The molecular weight excluding hydrogens is 453 g/mol. The van der Waals surface area contributed by atoms with Crippen LogP contribution >= 0.6 is 24.0 Å². The fourth-order valence-electron chi connectivity index (χ4n) is 2.88. The first-order valence-corrected chi connectivity index (χ1v) is 10.8. The lowest BCUT2D eigenvalue weighted by atomic mass is 9.67. The van der Waals surface area contributed by atoms with Crippen molar-refractivity contribution in [3.63, 3.8) is 0 Å². The standard InChI is InChI=1S/C17H35N3O3S.HI/c1-16(2,10-12-24(5,21)22)13-19-15(18-3)20-14-17(7-6-8-17)9-11-23-4;/h6-14H2,1-5H3,(H2,18,19,20);1H. The first-order chi connectivity index (χ1) is 11.1. The third-order valence-electron chi connectivity index (χ3n) is 4.99. The Kier molecular flexibility index (Phi) is 10.9. The normalized spacial score (nSPS) is 17.4. The fourth-order valence-corrected chi connectivity index (χ4v) is 3.80. The van der Waals surface area contributed by atoms with E-state index in [0.29, 0.717) is 18.4 Å². The van der Waals surface area contributed by atoms with Gasteiger partial charge in [0.25, 0.3) is 0 Å². The van der Waals surface area contributed by atoms with Gasteiger partial charge in [-0.15, -0.1) is 24.0 Å². The van der Waals surface area contributed by atoms with Crippen LogP contribution in [0.5, 0.6) is 0 Å². The zero-order chi connectivity index (χ0) is 18.3. The van der Waals surface area contributed by atoms with Crippen molar-refractivity contribution in [3.8, 4) is 0 Å². The second-order valence-corrected chi connectivity index (χ2v) is 10.2. The molecule has 150 valence electrons. The summed E-state index contributed by atoms with van der Waals surface area (Å²) in [6.07, 6.45) is 6.76. The molecule has 0 amide bonds. The van der Waals surface area contributed by atoms with E-state index in [1.165, 1.54) is 25.5 Å². The topological polar surface area (TPSA) is 79.8 Å². The molecule has 25 heavy (non-hydrogen) atoms. The van der Waals surface area contributed by atoms with Crippen LogP contribution in [0.25, 0.3) is 0 Å². The SMILES string of the molecule is CN=C(NCC(C)(C)CCS(C)(=O)=O)NCC1(CCOC)CCC1.I. The Balaban J connectivity index is 0.00000576. The quantitative estimate of drug-likeness (QED) is 0.280. The maximum Gasteiger partial charge on any atom is 0.191 e. The molecule has 1 aliphatic carbocycles. The highest BCUT2D eigenvalue weighted by Gasteiger charge is 2.36. The highest BCUT2D eigenvalue weighted by atomic mass is 127. The fraction of sp³-hybridized carbons (Fsp3) is 0.941. The summed E-state index contributed by atoms with van der Waals surface area (Å²) in [5, 5.41) is 6.77. The van der Waals surface area contributed by atoms with Gasteiger partial charge in [0.15, 0.2) is 5.96 Å². The number of rotatable bonds is 10. The molecule has 1 rings (SSSR count). The minimum absolute atomic E-state index is 0. The first kappa shape index (κ1) is 24.9. The molecule has 0 radical (unpaired) electrons. The number of ether oxygens (including phenoxy) is 1.